The first-order valence-electron chi connectivity index (χ1n) is 6.02. The standard InChI is InChI=1S/C12H22BrNO/c1-4-10(5-2)12(15)14-7-6-9(3)11(13)8-14/h9-11H,4-8H2,1-3H3. The number of amides is 1. The number of carbonyl (C=O) groups is 1. The zero-order chi connectivity index (χ0) is 11.4. The Balaban J connectivity index is 2.53. The molecule has 2 atom stereocenters. The lowest BCUT2D eigenvalue weighted by Crippen LogP contribution is -2.45. The summed E-state index contributed by atoms with van der Waals surface area (Å²) in [4.78, 5) is 14.6. The van der Waals surface area contributed by atoms with Crippen LogP contribution in [0, 0.1) is 11.8 Å². The highest BCUT2D eigenvalue weighted by Gasteiger charge is 2.29. The van der Waals surface area contributed by atoms with Gasteiger partial charge in [-0.25, -0.2) is 0 Å². The zero-order valence-corrected chi connectivity index (χ0v) is 11.6. The van der Waals surface area contributed by atoms with Crippen LogP contribution in [0.1, 0.15) is 40.0 Å². The molecule has 2 nitrogen and oxygen atoms in total. The summed E-state index contributed by atoms with van der Waals surface area (Å²) >= 11 is 3.66. The number of alkyl halides is 1. The van der Waals surface area contributed by atoms with E-state index in [0.717, 1.165) is 32.4 Å². The number of hydrogen-bond donors (Lipinski definition) is 0. The molecule has 0 saturated carbocycles. The second kappa shape index (κ2) is 5.88. The van der Waals surface area contributed by atoms with Gasteiger partial charge >= 0.3 is 0 Å². The number of likely N-dealkylation sites (tertiary alicyclic amines) is 1. The molecule has 0 aliphatic carbocycles. The largest absolute Gasteiger partial charge is 0.341 e. The van der Waals surface area contributed by atoms with Gasteiger partial charge in [-0.15, -0.1) is 0 Å². The van der Waals surface area contributed by atoms with Crippen LogP contribution >= 0.6 is 15.9 Å². The normalized spacial score (nSPS) is 27.1. The molecule has 0 bridgehead atoms. The number of hydrogen-bond acceptors (Lipinski definition) is 1. The maximum atomic E-state index is 12.1. The molecule has 0 radical (unpaired) electrons. The van der Waals surface area contributed by atoms with Gasteiger partial charge in [-0.05, 0) is 25.2 Å². The first kappa shape index (κ1) is 13.0. The first-order valence-corrected chi connectivity index (χ1v) is 6.94. The van der Waals surface area contributed by atoms with E-state index in [-0.39, 0.29) is 5.92 Å². The maximum absolute atomic E-state index is 12.1. The van der Waals surface area contributed by atoms with E-state index >= 15 is 0 Å². The van der Waals surface area contributed by atoms with Crippen LogP contribution in [0.5, 0.6) is 0 Å². The van der Waals surface area contributed by atoms with E-state index < -0.39 is 0 Å². The summed E-state index contributed by atoms with van der Waals surface area (Å²) in [5.74, 6) is 1.28. The van der Waals surface area contributed by atoms with Crippen molar-refractivity contribution in [2.24, 2.45) is 11.8 Å². The molecule has 0 aromatic rings. The van der Waals surface area contributed by atoms with Gasteiger partial charge in [0.25, 0.3) is 0 Å². The van der Waals surface area contributed by atoms with Crippen LogP contribution in [0.3, 0.4) is 0 Å². The van der Waals surface area contributed by atoms with Crippen LogP contribution in [0.15, 0.2) is 0 Å². The van der Waals surface area contributed by atoms with Gasteiger partial charge in [-0.1, -0.05) is 36.7 Å². The van der Waals surface area contributed by atoms with Crippen molar-refractivity contribution in [2.75, 3.05) is 13.1 Å². The van der Waals surface area contributed by atoms with Gasteiger partial charge < -0.3 is 4.90 Å². The number of nitrogens with zero attached hydrogens (tertiary/aromatic N) is 1. The van der Waals surface area contributed by atoms with E-state index in [9.17, 15) is 4.79 Å². The fourth-order valence-electron chi connectivity index (χ4n) is 2.12. The van der Waals surface area contributed by atoms with Crippen LogP contribution in [0.2, 0.25) is 0 Å². The molecule has 3 heteroatoms. The first-order chi connectivity index (χ1) is 7.10. The predicted molar refractivity (Wildman–Crippen MR) is 67.1 cm³/mol. The molecule has 0 spiro atoms. The van der Waals surface area contributed by atoms with Gasteiger partial charge in [0.15, 0.2) is 0 Å². The average molecular weight is 276 g/mol. The molecule has 1 heterocycles. The summed E-state index contributed by atoms with van der Waals surface area (Å²) in [6.07, 6.45) is 3.06. The Bertz CT molecular complexity index is 216. The average Bonchev–Trinajstić information content (AvgIpc) is 2.23. The van der Waals surface area contributed by atoms with E-state index in [1.807, 2.05) is 4.90 Å². The zero-order valence-electron chi connectivity index (χ0n) is 10.0. The Morgan fingerprint density at radius 3 is 2.53 bits per heavy atom. The molecular weight excluding hydrogens is 254 g/mol. The Morgan fingerprint density at radius 2 is 2.07 bits per heavy atom. The molecule has 1 rings (SSSR count). The second-order valence-electron chi connectivity index (χ2n) is 4.58. The number of piperidine rings is 1. The molecule has 1 aliphatic rings. The van der Waals surface area contributed by atoms with Gasteiger partial charge in [0.05, 0.1) is 0 Å². The van der Waals surface area contributed by atoms with Crippen molar-refractivity contribution in [2.45, 2.75) is 44.9 Å². The third-order valence-electron chi connectivity index (χ3n) is 3.51. The fourth-order valence-corrected chi connectivity index (χ4v) is 2.73. The lowest BCUT2D eigenvalue weighted by atomic mass is 9.96. The summed E-state index contributed by atoms with van der Waals surface area (Å²) in [6.45, 7) is 8.28. The highest BCUT2D eigenvalue weighted by Crippen LogP contribution is 2.25. The minimum Gasteiger partial charge on any atom is -0.341 e. The van der Waals surface area contributed by atoms with E-state index in [1.54, 1.807) is 0 Å². The molecule has 1 saturated heterocycles. The third-order valence-corrected chi connectivity index (χ3v) is 4.71. The lowest BCUT2D eigenvalue weighted by molar-refractivity contribution is -0.136. The highest BCUT2D eigenvalue weighted by molar-refractivity contribution is 9.09. The molecule has 15 heavy (non-hydrogen) atoms. The molecule has 2 unspecified atom stereocenters. The van der Waals surface area contributed by atoms with E-state index in [4.69, 9.17) is 0 Å². The number of rotatable bonds is 3. The van der Waals surface area contributed by atoms with Crippen molar-refractivity contribution >= 4 is 21.8 Å². The summed E-state index contributed by atoms with van der Waals surface area (Å²) in [6, 6.07) is 0. The van der Waals surface area contributed by atoms with Crippen molar-refractivity contribution < 1.29 is 4.79 Å². The Morgan fingerprint density at radius 1 is 1.47 bits per heavy atom. The van der Waals surface area contributed by atoms with Gasteiger partial charge in [-0.2, -0.15) is 0 Å². The maximum Gasteiger partial charge on any atom is 0.225 e. The monoisotopic (exact) mass is 275 g/mol. The fraction of sp³-hybridized carbons (Fsp3) is 0.917. The van der Waals surface area contributed by atoms with Crippen molar-refractivity contribution in [3.63, 3.8) is 0 Å². The molecular formula is C12H22BrNO. The van der Waals surface area contributed by atoms with E-state index in [2.05, 4.69) is 36.7 Å². The molecule has 1 fully saturated rings. The van der Waals surface area contributed by atoms with Crippen LogP contribution in [0.4, 0.5) is 0 Å². The van der Waals surface area contributed by atoms with Crippen molar-refractivity contribution in [3.05, 3.63) is 0 Å². The smallest absolute Gasteiger partial charge is 0.225 e. The quantitative estimate of drug-likeness (QED) is 0.725. The summed E-state index contributed by atoms with van der Waals surface area (Å²) in [5, 5.41) is 0. The highest BCUT2D eigenvalue weighted by atomic mass is 79.9. The number of carbonyl (C=O) groups excluding carboxylic acids is 1. The Hall–Kier alpha value is -0.0500. The van der Waals surface area contributed by atoms with Crippen molar-refractivity contribution in [1.29, 1.82) is 0 Å². The molecule has 0 aromatic heterocycles. The molecule has 1 amide bonds. The molecule has 88 valence electrons. The Kier molecular flexibility index (Phi) is 5.10. The van der Waals surface area contributed by atoms with Crippen molar-refractivity contribution in [1.82, 2.24) is 4.90 Å². The summed E-state index contributed by atoms with van der Waals surface area (Å²) in [7, 11) is 0. The van der Waals surface area contributed by atoms with Crippen LogP contribution < -0.4 is 0 Å². The number of halogens is 1. The lowest BCUT2D eigenvalue weighted by Gasteiger charge is -2.36. The van der Waals surface area contributed by atoms with Gasteiger partial charge in [0.2, 0.25) is 5.91 Å². The topological polar surface area (TPSA) is 20.3 Å². The van der Waals surface area contributed by atoms with Crippen LogP contribution in [-0.4, -0.2) is 28.7 Å². The van der Waals surface area contributed by atoms with Crippen LogP contribution in [0.25, 0.3) is 0 Å². The summed E-state index contributed by atoms with van der Waals surface area (Å²) < 4.78 is 0. The molecule has 0 aromatic carbocycles. The minimum atomic E-state index is 0.234. The van der Waals surface area contributed by atoms with E-state index in [0.29, 0.717) is 16.7 Å². The Labute approximate surface area is 102 Å². The van der Waals surface area contributed by atoms with Gasteiger partial charge in [-0.3, -0.25) is 4.79 Å². The predicted octanol–water partition coefficient (Wildman–Crippen LogP) is 3.05. The molecule has 0 N–H and O–H groups in total. The van der Waals surface area contributed by atoms with Crippen molar-refractivity contribution in [3.8, 4) is 0 Å². The molecule has 1 aliphatic heterocycles. The van der Waals surface area contributed by atoms with Gasteiger partial charge in [0.1, 0.15) is 0 Å². The van der Waals surface area contributed by atoms with Gasteiger partial charge in [0, 0.05) is 23.8 Å². The van der Waals surface area contributed by atoms with E-state index in [1.165, 1.54) is 0 Å². The SMILES string of the molecule is CCC(CC)C(=O)N1CCC(C)C(Br)C1. The second-order valence-corrected chi connectivity index (χ2v) is 5.76. The van der Waals surface area contributed by atoms with Crippen LogP contribution in [-0.2, 0) is 4.79 Å². The minimum absolute atomic E-state index is 0.234. The summed E-state index contributed by atoms with van der Waals surface area (Å²) in [5.41, 5.74) is 0. The third kappa shape index (κ3) is 3.20.